The van der Waals surface area contributed by atoms with Gasteiger partial charge in [0.15, 0.2) is 0 Å². The minimum atomic E-state index is 0.322. The Morgan fingerprint density at radius 3 is 2.43 bits per heavy atom. The fraction of sp³-hybridized carbons (Fsp3) is 0.733. The van der Waals surface area contributed by atoms with Crippen molar-refractivity contribution in [1.29, 1.82) is 0 Å². The molecule has 1 amide bonds. The largest absolute Gasteiger partial charge is 0.342 e. The molecule has 21 heavy (non-hydrogen) atoms. The smallest absolute Gasteiger partial charge is 0.236 e. The Hall–Kier alpha value is -0.980. The molecule has 2 saturated heterocycles. The van der Waals surface area contributed by atoms with Gasteiger partial charge in [0.2, 0.25) is 5.91 Å². The van der Waals surface area contributed by atoms with Crippen molar-refractivity contribution in [2.75, 3.05) is 45.8 Å². The van der Waals surface area contributed by atoms with Gasteiger partial charge in [-0.3, -0.25) is 14.6 Å². The van der Waals surface area contributed by atoms with Crippen LogP contribution in [-0.4, -0.2) is 71.4 Å². The molecule has 0 unspecified atom stereocenters. The lowest BCUT2D eigenvalue weighted by atomic mass is 10.1. The Morgan fingerprint density at radius 2 is 1.76 bits per heavy atom. The first-order chi connectivity index (χ1) is 10.3. The first-order valence-corrected chi connectivity index (χ1v) is 8.85. The minimum absolute atomic E-state index is 0.322. The van der Waals surface area contributed by atoms with E-state index in [1.807, 2.05) is 10.4 Å². The number of aromatic nitrogens is 1. The van der Waals surface area contributed by atoms with Crippen LogP contribution in [0.3, 0.4) is 0 Å². The Morgan fingerprint density at radius 1 is 1.05 bits per heavy atom. The SMILES string of the molecule is O=C(CN1CCN(Cc2cscn2)CC1)N1CCCCC1. The molecular formula is C15H24N4OS. The molecule has 3 heterocycles. The summed E-state index contributed by atoms with van der Waals surface area (Å²) in [4.78, 5) is 23.4. The summed E-state index contributed by atoms with van der Waals surface area (Å²) < 4.78 is 0. The van der Waals surface area contributed by atoms with Crippen molar-refractivity contribution < 1.29 is 4.79 Å². The number of carbonyl (C=O) groups is 1. The molecule has 2 aliphatic heterocycles. The zero-order chi connectivity index (χ0) is 14.5. The van der Waals surface area contributed by atoms with Gasteiger partial charge in [-0.15, -0.1) is 11.3 Å². The summed E-state index contributed by atoms with van der Waals surface area (Å²) in [6, 6.07) is 0. The molecule has 0 saturated carbocycles. The number of thiazole rings is 1. The molecule has 6 heteroatoms. The Bertz CT molecular complexity index is 437. The summed E-state index contributed by atoms with van der Waals surface area (Å²) in [6.07, 6.45) is 3.62. The molecule has 0 N–H and O–H groups in total. The van der Waals surface area contributed by atoms with Crippen LogP contribution in [0.4, 0.5) is 0 Å². The number of rotatable bonds is 4. The molecule has 3 rings (SSSR count). The first-order valence-electron chi connectivity index (χ1n) is 7.91. The molecule has 1 aromatic heterocycles. The van der Waals surface area contributed by atoms with Gasteiger partial charge in [-0.25, -0.2) is 4.98 Å². The van der Waals surface area contributed by atoms with Crippen LogP contribution in [0, 0.1) is 0 Å². The maximum atomic E-state index is 12.3. The third-order valence-corrected chi connectivity index (χ3v) is 5.04. The third kappa shape index (κ3) is 4.25. The summed E-state index contributed by atoms with van der Waals surface area (Å²) in [6.45, 7) is 7.51. The Labute approximate surface area is 130 Å². The van der Waals surface area contributed by atoms with Crippen LogP contribution in [0.5, 0.6) is 0 Å². The zero-order valence-corrected chi connectivity index (χ0v) is 13.4. The highest BCUT2D eigenvalue weighted by molar-refractivity contribution is 7.07. The second kappa shape index (κ2) is 7.33. The maximum Gasteiger partial charge on any atom is 0.236 e. The fourth-order valence-electron chi connectivity index (χ4n) is 3.08. The summed E-state index contributed by atoms with van der Waals surface area (Å²) in [7, 11) is 0. The van der Waals surface area contributed by atoms with Gasteiger partial charge < -0.3 is 4.90 Å². The van der Waals surface area contributed by atoms with Gasteiger partial charge >= 0.3 is 0 Å². The van der Waals surface area contributed by atoms with Crippen LogP contribution in [0.1, 0.15) is 25.0 Å². The van der Waals surface area contributed by atoms with Crippen LogP contribution in [0.15, 0.2) is 10.9 Å². The van der Waals surface area contributed by atoms with Gasteiger partial charge in [-0.2, -0.15) is 0 Å². The minimum Gasteiger partial charge on any atom is -0.342 e. The topological polar surface area (TPSA) is 39.7 Å². The monoisotopic (exact) mass is 308 g/mol. The molecule has 0 bridgehead atoms. The molecule has 2 fully saturated rings. The number of hydrogen-bond donors (Lipinski definition) is 0. The van der Waals surface area contributed by atoms with Crippen LogP contribution in [-0.2, 0) is 11.3 Å². The number of piperidine rings is 1. The Balaban J connectivity index is 1.40. The quantitative estimate of drug-likeness (QED) is 0.840. The molecule has 5 nitrogen and oxygen atoms in total. The molecule has 0 spiro atoms. The number of amides is 1. The average Bonchev–Trinajstić information content (AvgIpc) is 3.03. The Kier molecular flexibility index (Phi) is 5.22. The highest BCUT2D eigenvalue weighted by Gasteiger charge is 2.22. The predicted molar refractivity (Wildman–Crippen MR) is 84.3 cm³/mol. The highest BCUT2D eigenvalue weighted by Crippen LogP contribution is 2.11. The molecule has 0 atom stereocenters. The standard InChI is InChI=1S/C15H24N4OS/c20-15(19-4-2-1-3-5-19)11-18-8-6-17(7-9-18)10-14-12-21-13-16-14/h12-13H,1-11H2. The van der Waals surface area contributed by atoms with E-state index >= 15 is 0 Å². The molecular weight excluding hydrogens is 284 g/mol. The number of nitrogens with zero attached hydrogens (tertiary/aromatic N) is 4. The molecule has 2 aliphatic rings. The van der Waals surface area contributed by atoms with E-state index in [0.29, 0.717) is 12.5 Å². The predicted octanol–water partition coefficient (Wildman–Crippen LogP) is 1.27. The van der Waals surface area contributed by atoms with Crippen molar-refractivity contribution >= 4 is 17.2 Å². The van der Waals surface area contributed by atoms with Gasteiger partial charge in [0.05, 0.1) is 17.7 Å². The van der Waals surface area contributed by atoms with Gasteiger partial charge in [0, 0.05) is 51.2 Å². The number of likely N-dealkylation sites (tertiary alicyclic amines) is 1. The van der Waals surface area contributed by atoms with Crippen LogP contribution in [0.25, 0.3) is 0 Å². The molecule has 0 aliphatic carbocycles. The van der Waals surface area contributed by atoms with Crippen LogP contribution >= 0.6 is 11.3 Å². The van der Waals surface area contributed by atoms with Crippen LogP contribution < -0.4 is 0 Å². The van der Waals surface area contributed by atoms with Crippen molar-refractivity contribution in [2.24, 2.45) is 0 Å². The lowest BCUT2D eigenvalue weighted by molar-refractivity contribution is -0.133. The van der Waals surface area contributed by atoms with E-state index in [0.717, 1.165) is 51.5 Å². The van der Waals surface area contributed by atoms with E-state index in [1.54, 1.807) is 11.3 Å². The van der Waals surface area contributed by atoms with Gasteiger partial charge in [0.1, 0.15) is 0 Å². The van der Waals surface area contributed by atoms with Gasteiger partial charge in [-0.05, 0) is 19.3 Å². The second-order valence-electron chi connectivity index (χ2n) is 5.97. The van der Waals surface area contributed by atoms with E-state index in [1.165, 1.54) is 19.3 Å². The lowest BCUT2D eigenvalue weighted by Gasteiger charge is -2.35. The molecule has 116 valence electrons. The lowest BCUT2D eigenvalue weighted by Crippen LogP contribution is -2.50. The summed E-state index contributed by atoms with van der Waals surface area (Å²) in [5.74, 6) is 0.322. The van der Waals surface area contributed by atoms with Gasteiger partial charge in [-0.1, -0.05) is 0 Å². The van der Waals surface area contributed by atoms with Crippen molar-refractivity contribution in [1.82, 2.24) is 19.7 Å². The summed E-state index contributed by atoms with van der Waals surface area (Å²) in [5.41, 5.74) is 3.06. The van der Waals surface area contributed by atoms with Crippen molar-refractivity contribution in [3.63, 3.8) is 0 Å². The highest BCUT2D eigenvalue weighted by atomic mass is 32.1. The number of carbonyl (C=O) groups excluding carboxylic acids is 1. The van der Waals surface area contributed by atoms with E-state index in [-0.39, 0.29) is 0 Å². The first kappa shape index (κ1) is 14.9. The average molecular weight is 308 g/mol. The summed E-state index contributed by atoms with van der Waals surface area (Å²) >= 11 is 1.65. The van der Waals surface area contributed by atoms with Crippen molar-refractivity contribution in [3.05, 3.63) is 16.6 Å². The fourth-order valence-corrected chi connectivity index (χ4v) is 3.63. The van der Waals surface area contributed by atoms with Crippen LogP contribution in [0.2, 0.25) is 0 Å². The van der Waals surface area contributed by atoms with Crippen molar-refractivity contribution in [3.8, 4) is 0 Å². The molecule has 1 aromatic rings. The number of hydrogen-bond acceptors (Lipinski definition) is 5. The summed E-state index contributed by atoms with van der Waals surface area (Å²) in [5, 5.41) is 2.12. The van der Waals surface area contributed by atoms with E-state index in [9.17, 15) is 4.79 Å². The molecule has 0 aromatic carbocycles. The van der Waals surface area contributed by atoms with Crippen molar-refractivity contribution in [2.45, 2.75) is 25.8 Å². The van der Waals surface area contributed by atoms with Gasteiger partial charge in [0.25, 0.3) is 0 Å². The third-order valence-electron chi connectivity index (χ3n) is 4.40. The van der Waals surface area contributed by atoms with E-state index < -0.39 is 0 Å². The molecule has 0 radical (unpaired) electrons. The van der Waals surface area contributed by atoms with E-state index in [2.05, 4.69) is 20.2 Å². The number of piperazine rings is 1. The second-order valence-corrected chi connectivity index (χ2v) is 6.69. The normalized spacial score (nSPS) is 21.6. The zero-order valence-electron chi connectivity index (χ0n) is 12.5. The van der Waals surface area contributed by atoms with E-state index in [4.69, 9.17) is 0 Å². The maximum absolute atomic E-state index is 12.3.